The van der Waals surface area contributed by atoms with Crippen LogP contribution in [0, 0.1) is 5.92 Å². The SMILES string of the molecule is CC1CCCN(S(=O)(=O)c2ccc3c4c2CC(=O)N4CC(C)S3)C1. The van der Waals surface area contributed by atoms with Gasteiger partial charge in [0.1, 0.15) is 0 Å². The molecule has 1 aromatic rings. The van der Waals surface area contributed by atoms with E-state index in [0.29, 0.717) is 41.3 Å². The zero-order valence-electron chi connectivity index (χ0n) is 14.0. The van der Waals surface area contributed by atoms with Gasteiger partial charge in [0, 0.05) is 35.3 Å². The van der Waals surface area contributed by atoms with E-state index in [9.17, 15) is 13.2 Å². The van der Waals surface area contributed by atoms with Crippen molar-refractivity contribution in [1.82, 2.24) is 4.31 Å². The highest BCUT2D eigenvalue weighted by Gasteiger charge is 2.40. The number of hydrogen-bond acceptors (Lipinski definition) is 4. The number of sulfonamides is 1. The first-order chi connectivity index (χ1) is 11.4. The highest BCUT2D eigenvalue weighted by molar-refractivity contribution is 8.00. The summed E-state index contributed by atoms with van der Waals surface area (Å²) in [7, 11) is -3.54. The van der Waals surface area contributed by atoms with E-state index in [-0.39, 0.29) is 12.3 Å². The molecule has 2 unspecified atom stereocenters. The second-order valence-electron chi connectivity index (χ2n) is 7.11. The number of rotatable bonds is 2. The molecule has 130 valence electrons. The Morgan fingerprint density at radius 3 is 2.75 bits per heavy atom. The van der Waals surface area contributed by atoms with Crippen LogP contribution in [0.15, 0.2) is 21.9 Å². The molecule has 0 spiro atoms. The minimum absolute atomic E-state index is 0.0214. The summed E-state index contributed by atoms with van der Waals surface area (Å²) in [6.45, 7) is 6.00. The van der Waals surface area contributed by atoms with Crippen LogP contribution >= 0.6 is 11.8 Å². The van der Waals surface area contributed by atoms with Gasteiger partial charge in [-0.1, -0.05) is 13.8 Å². The Hall–Kier alpha value is -1.05. The van der Waals surface area contributed by atoms with Crippen molar-refractivity contribution in [1.29, 1.82) is 0 Å². The summed E-state index contributed by atoms with van der Waals surface area (Å²) < 4.78 is 28.0. The van der Waals surface area contributed by atoms with Crippen molar-refractivity contribution in [2.45, 2.75) is 48.2 Å². The fourth-order valence-electron chi connectivity index (χ4n) is 3.98. The number of carbonyl (C=O) groups excluding carboxylic acids is 1. The molecule has 0 N–H and O–H groups in total. The number of carbonyl (C=O) groups is 1. The summed E-state index contributed by atoms with van der Waals surface area (Å²) in [5.74, 6) is 0.405. The van der Waals surface area contributed by atoms with E-state index in [1.807, 2.05) is 6.07 Å². The Morgan fingerprint density at radius 1 is 1.21 bits per heavy atom. The molecule has 1 fully saturated rings. The van der Waals surface area contributed by atoms with Crippen molar-refractivity contribution in [2.24, 2.45) is 5.92 Å². The molecule has 0 radical (unpaired) electrons. The molecular weight excluding hydrogens is 344 g/mol. The lowest BCUT2D eigenvalue weighted by atomic mass is 10.0. The number of amides is 1. The van der Waals surface area contributed by atoms with Crippen LogP contribution in [-0.2, 0) is 21.2 Å². The van der Waals surface area contributed by atoms with Gasteiger partial charge in [-0.2, -0.15) is 4.31 Å². The van der Waals surface area contributed by atoms with E-state index >= 15 is 0 Å². The van der Waals surface area contributed by atoms with Gasteiger partial charge in [0.15, 0.2) is 0 Å². The van der Waals surface area contributed by atoms with Crippen LogP contribution in [0.2, 0.25) is 0 Å². The van der Waals surface area contributed by atoms with Gasteiger partial charge in [0.05, 0.1) is 17.0 Å². The molecule has 1 amide bonds. The van der Waals surface area contributed by atoms with Crippen LogP contribution in [0.25, 0.3) is 0 Å². The third-order valence-electron chi connectivity index (χ3n) is 5.11. The average molecular weight is 367 g/mol. The molecule has 24 heavy (non-hydrogen) atoms. The lowest BCUT2D eigenvalue weighted by molar-refractivity contribution is -0.117. The van der Waals surface area contributed by atoms with E-state index in [1.165, 1.54) is 0 Å². The summed E-state index contributed by atoms with van der Waals surface area (Å²) in [4.78, 5) is 15.6. The minimum Gasteiger partial charge on any atom is -0.310 e. The predicted octanol–water partition coefficient (Wildman–Crippen LogP) is 2.49. The zero-order valence-corrected chi connectivity index (χ0v) is 15.6. The van der Waals surface area contributed by atoms with E-state index in [4.69, 9.17) is 0 Å². The molecule has 0 aliphatic carbocycles. The van der Waals surface area contributed by atoms with Gasteiger partial charge >= 0.3 is 0 Å². The van der Waals surface area contributed by atoms with E-state index in [1.54, 1.807) is 27.0 Å². The van der Waals surface area contributed by atoms with Crippen LogP contribution in [0.3, 0.4) is 0 Å². The molecule has 1 aromatic carbocycles. The van der Waals surface area contributed by atoms with E-state index in [0.717, 1.165) is 23.4 Å². The first-order valence-electron chi connectivity index (χ1n) is 8.51. The van der Waals surface area contributed by atoms with Crippen LogP contribution in [0.1, 0.15) is 32.3 Å². The highest BCUT2D eigenvalue weighted by atomic mass is 32.2. The summed E-state index contributed by atoms with van der Waals surface area (Å²) in [6.07, 6.45) is 2.18. The van der Waals surface area contributed by atoms with Gasteiger partial charge in [-0.05, 0) is 30.9 Å². The van der Waals surface area contributed by atoms with Crippen LogP contribution in [0.5, 0.6) is 0 Å². The fraction of sp³-hybridized carbons (Fsp3) is 0.588. The van der Waals surface area contributed by atoms with E-state index in [2.05, 4.69) is 13.8 Å². The zero-order chi connectivity index (χ0) is 17.1. The first-order valence-corrected chi connectivity index (χ1v) is 10.8. The number of nitrogens with zero attached hydrogens (tertiary/aromatic N) is 2. The second kappa shape index (κ2) is 5.75. The molecule has 5 nitrogen and oxygen atoms in total. The highest BCUT2D eigenvalue weighted by Crippen LogP contribution is 2.47. The third kappa shape index (κ3) is 2.48. The van der Waals surface area contributed by atoms with Crippen molar-refractivity contribution >= 4 is 33.4 Å². The lowest BCUT2D eigenvalue weighted by Crippen LogP contribution is -2.39. The normalized spacial score (nSPS) is 27.4. The predicted molar refractivity (Wildman–Crippen MR) is 95.0 cm³/mol. The fourth-order valence-corrected chi connectivity index (χ4v) is 6.95. The number of hydrogen-bond donors (Lipinski definition) is 0. The molecule has 3 aliphatic rings. The maximum absolute atomic E-state index is 13.2. The third-order valence-corrected chi connectivity index (χ3v) is 8.19. The van der Waals surface area contributed by atoms with Crippen molar-refractivity contribution in [3.05, 3.63) is 17.7 Å². The first kappa shape index (κ1) is 16.4. The van der Waals surface area contributed by atoms with Crippen molar-refractivity contribution in [3.63, 3.8) is 0 Å². The standard InChI is InChI=1S/C17H22N2O3S2/c1-11-4-3-7-18(9-11)24(21,22)15-6-5-14-17-13(15)8-16(20)19(17)10-12(2)23-14/h5-6,11-12H,3-4,7-10H2,1-2H3. The molecule has 1 saturated heterocycles. The summed E-state index contributed by atoms with van der Waals surface area (Å²) in [5.41, 5.74) is 1.55. The van der Waals surface area contributed by atoms with Crippen molar-refractivity contribution < 1.29 is 13.2 Å². The molecule has 3 aliphatic heterocycles. The summed E-state index contributed by atoms with van der Waals surface area (Å²) >= 11 is 1.72. The van der Waals surface area contributed by atoms with Gasteiger partial charge in [-0.3, -0.25) is 4.79 Å². The molecule has 7 heteroatoms. The summed E-state index contributed by atoms with van der Waals surface area (Å²) in [5, 5.41) is 0.331. The van der Waals surface area contributed by atoms with Crippen molar-refractivity contribution in [2.75, 3.05) is 24.5 Å². The number of thioether (sulfide) groups is 1. The molecule has 0 bridgehead atoms. The van der Waals surface area contributed by atoms with Gasteiger partial charge in [0.25, 0.3) is 0 Å². The topological polar surface area (TPSA) is 57.7 Å². The van der Waals surface area contributed by atoms with Gasteiger partial charge in [-0.15, -0.1) is 11.8 Å². The Kier molecular flexibility index (Phi) is 3.93. The smallest absolute Gasteiger partial charge is 0.243 e. The van der Waals surface area contributed by atoms with Crippen LogP contribution < -0.4 is 4.90 Å². The minimum atomic E-state index is -3.54. The lowest BCUT2D eigenvalue weighted by Gasteiger charge is -2.32. The molecule has 2 atom stereocenters. The number of anilines is 1. The van der Waals surface area contributed by atoms with Crippen LogP contribution in [0.4, 0.5) is 5.69 Å². The van der Waals surface area contributed by atoms with Crippen LogP contribution in [-0.4, -0.2) is 43.5 Å². The largest absolute Gasteiger partial charge is 0.310 e. The maximum Gasteiger partial charge on any atom is 0.243 e. The summed E-state index contributed by atoms with van der Waals surface area (Å²) in [6, 6.07) is 3.59. The number of piperidine rings is 1. The Morgan fingerprint density at radius 2 is 2.00 bits per heavy atom. The Balaban J connectivity index is 1.80. The molecule has 3 heterocycles. The molecular formula is C17H22N2O3S2. The maximum atomic E-state index is 13.2. The molecule has 0 saturated carbocycles. The molecule has 4 rings (SSSR count). The van der Waals surface area contributed by atoms with Gasteiger partial charge < -0.3 is 4.90 Å². The average Bonchev–Trinajstić information content (AvgIpc) is 2.85. The second-order valence-corrected chi connectivity index (χ2v) is 10.5. The van der Waals surface area contributed by atoms with Crippen molar-refractivity contribution in [3.8, 4) is 0 Å². The van der Waals surface area contributed by atoms with Gasteiger partial charge in [0.2, 0.25) is 15.9 Å². The Labute approximate surface area is 147 Å². The Bertz CT molecular complexity index is 806. The number of benzene rings is 1. The van der Waals surface area contributed by atoms with Gasteiger partial charge in [-0.25, -0.2) is 8.42 Å². The van der Waals surface area contributed by atoms with E-state index < -0.39 is 10.0 Å². The molecule has 0 aromatic heterocycles. The quantitative estimate of drug-likeness (QED) is 0.807. The monoisotopic (exact) mass is 366 g/mol.